The second kappa shape index (κ2) is 24.0. The molecule has 0 aliphatic heterocycles. The molecular formula is C26H54O. The molecule has 0 atom stereocenters. The molecular weight excluding hydrogens is 328 g/mol. The number of hydrogen-bond acceptors (Lipinski definition) is 1. The molecule has 0 aliphatic rings. The van der Waals surface area contributed by atoms with Crippen LogP contribution in [0.4, 0.5) is 0 Å². The summed E-state index contributed by atoms with van der Waals surface area (Å²) in [4.78, 5) is 0. The van der Waals surface area contributed by atoms with E-state index in [1.165, 1.54) is 135 Å². The van der Waals surface area contributed by atoms with Crippen LogP contribution in [0, 0.1) is 5.92 Å². The molecule has 0 aromatic heterocycles. The van der Waals surface area contributed by atoms with Gasteiger partial charge in [-0.3, -0.25) is 0 Å². The number of hydrogen-bond donors (Lipinski definition) is 1. The van der Waals surface area contributed by atoms with Crippen molar-refractivity contribution in [2.75, 3.05) is 6.61 Å². The normalized spacial score (nSPS) is 11.6. The zero-order valence-corrected chi connectivity index (χ0v) is 19.3. The molecule has 1 nitrogen and oxygen atoms in total. The fourth-order valence-electron chi connectivity index (χ4n) is 4.29. The maximum absolute atomic E-state index is 8.99. The molecule has 0 aromatic rings. The van der Waals surface area contributed by atoms with E-state index in [2.05, 4.69) is 13.8 Å². The number of unbranched alkanes of at least 4 members (excludes halogenated alkanes) is 16. The number of rotatable bonds is 23. The predicted octanol–water partition coefficient (Wildman–Crippen LogP) is 9.22. The van der Waals surface area contributed by atoms with Crippen molar-refractivity contribution in [2.24, 2.45) is 5.92 Å². The Kier molecular flexibility index (Phi) is 24.0. The number of aliphatic hydroxyl groups excluding tert-OH is 1. The van der Waals surface area contributed by atoms with Crippen LogP contribution >= 0.6 is 0 Å². The van der Waals surface area contributed by atoms with Crippen molar-refractivity contribution in [1.82, 2.24) is 0 Å². The highest BCUT2D eigenvalue weighted by Crippen LogP contribution is 2.24. The van der Waals surface area contributed by atoms with Gasteiger partial charge in [-0.1, -0.05) is 149 Å². The van der Waals surface area contributed by atoms with Crippen LogP contribution in [0.2, 0.25) is 0 Å². The summed E-state index contributed by atoms with van der Waals surface area (Å²) in [6, 6.07) is 0. The van der Waals surface area contributed by atoms with Gasteiger partial charge in [-0.15, -0.1) is 0 Å². The average Bonchev–Trinajstić information content (AvgIpc) is 2.68. The van der Waals surface area contributed by atoms with E-state index in [1.807, 2.05) is 0 Å². The third-order valence-corrected chi connectivity index (χ3v) is 6.20. The summed E-state index contributed by atoms with van der Waals surface area (Å²) in [6.07, 6.45) is 30.9. The van der Waals surface area contributed by atoms with E-state index < -0.39 is 0 Å². The minimum absolute atomic E-state index is 0.376. The van der Waals surface area contributed by atoms with Crippen molar-refractivity contribution in [3.8, 4) is 0 Å². The largest absolute Gasteiger partial charge is 0.396 e. The third kappa shape index (κ3) is 22.1. The van der Waals surface area contributed by atoms with Gasteiger partial charge in [0.05, 0.1) is 0 Å². The summed E-state index contributed by atoms with van der Waals surface area (Å²) in [5.41, 5.74) is 0. The van der Waals surface area contributed by atoms with Crippen molar-refractivity contribution >= 4 is 0 Å². The molecule has 0 saturated heterocycles. The average molecular weight is 383 g/mol. The lowest BCUT2D eigenvalue weighted by Crippen LogP contribution is -2.02. The van der Waals surface area contributed by atoms with E-state index in [1.54, 1.807) is 0 Å². The lowest BCUT2D eigenvalue weighted by atomic mass is 9.89. The predicted molar refractivity (Wildman–Crippen MR) is 123 cm³/mol. The van der Waals surface area contributed by atoms with Crippen molar-refractivity contribution in [1.29, 1.82) is 0 Å². The van der Waals surface area contributed by atoms with Gasteiger partial charge in [-0.05, 0) is 12.3 Å². The summed E-state index contributed by atoms with van der Waals surface area (Å²) in [5, 5.41) is 8.99. The van der Waals surface area contributed by atoms with E-state index in [9.17, 15) is 0 Å². The molecule has 0 spiro atoms. The van der Waals surface area contributed by atoms with Crippen LogP contribution in [0.3, 0.4) is 0 Å². The Balaban J connectivity index is 3.70. The summed E-state index contributed by atoms with van der Waals surface area (Å²) in [7, 11) is 0. The molecule has 0 radical (unpaired) electrons. The number of aliphatic hydroxyl groups is 1. The fraction of sp³-hybridized carbons (Fsp3) is 1.00. The van der Waals surface area contributed by atoms with E-state index in [0.29, 0.717) is 6.61 Å². The van der Waals surface area contributed by atoms with Gasteiger partial charge in [0, 0.05) is 6.61 Å². The van der Waals surface area contributed by atoms with Crippen LogP contribution in [-0.4, -0.2) is 11.7 Å². The van der Waals surface area contributed by atoms with Crippen molar-refractivity contribution in [2.45, 2.75) is 155 Å². The third-order valence-electron chi connectivity index (χ3n) is 6.20. The Morgan fingerprint density at radius 1 is 0.407 bits per heavy atom. The van der Waals surface area contributed by atoms with Gasteiger partial charge >= 0.3 is 0 Å². The molecule has 0 aliphatic carbocycles. The zero-order chi connectivity index (χ0) is 19.8. The monoisotopic (exact) mass is 382 g/mol. The topological polar surface area (TPSA) is 20.2 Å². The van der Waals surface area contributed by atoms with Crippen LogP contribution in [0.15, 0.2) is 0 Å². The molecule has 1 heteroatoms. The van der Waals surface area contributed by atoms with E-state index in [-0.39, 0.29) is 0 Å². The van der Waals surface area contributed by atoms with Crippen molar-refractivity contribution in [3.63, 3.8) is 0 Å². The highest BCUT2D eigenvalue weighted by atomic mass is 16.2. The highest BCUT2D eigenvalue weighted by Gasteiger charge is 2.08. The first-order chi connectivity index (χ1) is 13.3. The molecule has 0 unspecified atom stereocenters. The van der Waals surface area contributed by atoms with Crippen molar-refractivity contribution < 1.29 is 5.11 Å². The minimum Gasteiger partial charge on any atom is -0.396 e. The first-order valence-electron chi connectivity index (χ1n) is 13.0. The van der Waals surface area contributed by atoms with Gasteiger partial charge in [0.1, 0.15) is 0 Å². The molecule has 0 heterocycles. The van der Waals surface area contributed by atoms with Gasteiger partial charge in [0.25, 0.3) is 0 Å². The second-order valence-corrected chi connectivity index (χ2v) is 8.97. The maximum atomic E-state index is 8.99. The summed E-state index contributed by atoms with van der Waals surface area (Å²) in [5.74, 6) is 0.962. The molecule has 0 fully saturated rings. The standard InChI is InChI=1S/C26H54O/c1-3-5-7-9-11-13-15-18-22-26(24-20-17-21-25-27)23-19-16-14-12-10-8-6-4-2/h26-27H,3-25H2,1-2H3. The first-order valence-corrected chi connectivity index (χ1v) is 13.0. The van der Waals surface area contributed by atoms with Crippen LogP contribution in [0.5, 0.6) is 0 Å². The minimum atomic E-state index is 0.376. The lowest BCUT2D eigenvalue weighted by Gasteiger charge is -2.17. The Labute approximate surface area is 173 Å². The molecule has 0 saturated carbocycles. The van der Waals surface area contributed by atoms with E-state index in [0.717, 1.165) is 12.3 Å². The zero-order valence-electron chi connectivity index (χ0n) is 19.3. The van der Waals surface area contributed by atoms with Crippen LogP contribution in [0.1, 0.15) is 155 Å². The quantitative estimate of drug-likeness (QED) is 0.175. The fourth-order valence-corrected chi connectivity index (χ4v) is 4.29. The Morgan fingerprint density at radius 3 is 1.04 bits per heavy atom. The summed E-state index contributed by atoms with van der Waals surface area (Å²) in [6.45, 7) is 4.97. The smallest absolute Gasteiger partial charge is 0.0431 e. The Morgan fingerprint density at radius 2 is 0.704 bits per heavy atom. The lowest BCUT2D eigenvalue weighted by molar-refractivity contribution is 0.278. The maximum Gasteiger partial charge on any atom is 0.0431 e. The molecule has 0 rings (SSSR count). The first kappa shape index (κ1) is 27.0. The van der Waals surface area contributed by atoms with Crippen LogP contribution < -0.4 is 0 Å². The molecule has 0 amide bonds. The van der Waals surface area contributed by atoms with Gasteiger partial charge < -0.3 is 5.11 Å². The Hall–Kier alpha value is -0.0400. The molecule has 27 heavy (non-hydrogen) atoms. The SMILES string of the molecule is CCCCCCCCCCC(CCCCCO)CCCCCCCCCC. The molecule has 1 N–H and O–H groups in total. The summed E-state index contributed by atoms with van der Waals surface area (Å²) >= 11 is 0. The van der Waals surface area contributed by atoms with Crippen LogP contribution in [0.25, 0.3) is 0 Å². The second-order valence-electron chi connectivity index (χ2n) is 8.97. The highest BCUT2D eigenvalue weighted by molar-refractivity contribution is 4.62. The van der Waals surface area contributed by atoms with Gasteiger partial charge in [0.15, 0.2) is 0 Å². The van der Waals surface area contributed by atoms with Crippen molar-refractivity contribution in [3.05, 3.63) is 0 Å². The van der Waals surface area contributed by atoms with Gasteiger partial charge in [-0.2, -0.15) is 0 Å². The van der Waals surface area contributed by atoms with Gasteiger partial charge in [0.2, 0.25) is 0 Å². The van der Waals surface area contributed by atoms with E-state index in [4.69, 9.17) is 5.11 Å². The van der Waals surface area contributed by atoms with E-state index >= 15 is 0 Å². The van der Waals surface area contributed by atoms with Crippen LogP contribution in [-0.2, 0) is 0 Å². The Bertz CT molecular complexity index is 231. The molecule has 164 valence electrons. The molecule has 0 bridgehead atoms. The summed E-state index contributed by atoms with van der Waals surface area (Å²) < 4.78 is 0. The van der Waals surface area contributed by atoms with Gasteiger partial charge in [-0.25, -0.2) is 0 Å². The molecule has 0 aromatic carbocycles.